The molecule has 0 saturated heterocycles. The molecule has 10 rings (SSSR count). The number of benzene rings is 5. The van der Waals surface area contributed by atoms with Crippen LogP contribution in [-0.2, 0) is 5.41 Å². The van der Waals surface area contributed by atoms with Gasteiger partial charge in [0.25, 0.3) is 0 Å². The number of aromatic nitrogens is 5. The predicted molar refractivity (Wildman–Crippen MR) is 188 cm³/mol. The van der Waals surface area contributed by atoms with Crippen LogP contribution in [0.5, 0.6) is 11.5 Å². The van der Waals surface area contributed by atoms with Gasteiger partial charge in [0, 0.05) is 28.4 Å². The van der Waals surface area contributed by atoms with Gasteiger partial charge in [-0.2, -0.15) is 0 Å². The third-order valence-electron chi connectivity index (χ3n) is 9.84. The van der Waals surface area contributed by atoms with E-state index >= 15 is 0 Å². The van der Waals surface area contributed by atoms with Gasteiger partial charge in [0.2, 0.25) is 5.95 Å². The van der Waals surface area contributed by atoms with Gasteiger partial charge in [0.1, 0.15) is 24.2 Å². The number of ether oxygens (including phenoxy) is 1. The maximum Gasteiger partial charge on any atom is 0.237 e. The van der Waals surface area contributed by atoms with Crippen molar-refractivity contribution in [3.63, 3.8) is 0 Å². The van der Waals surface area contributed by atoms with E-state index in [1.165, 1.54) is 34.9 Å². The molecule has 0 saturated carbocycles. The van der Waals surface area contributed by atoms with Crippen molar-refractivity contribution in [2.45, 2.75) is 19.3 Å². The van der Waals surface area contributed by atoms with E-state index < -0.39 is 5.41 Å². The number of aryl methyl sites for hydroxylation is 2. The van der Waals surface area contributed by atoms with Crippen molar-refractivity contribution in [1.82, 2.24) is 24.5 Å². The summed E-state index contributed by atoms with van der Waals surface area (Å²) in [6, 6.07) is 41.3. The second-order valence-corrected chi connectivity index (χ2v) is 12.6. The van der Waals surface area contributed by atoms with E-state index in [1.807, 2.05) is 12.3 Å². The van der Waals surface area contributed by atoms with E-state index in [4.69, 9.17) is 9.72 Å². The van der Waals surface area contributed by atoms with Gasteiger partial charge in [0.05, 0.1) is 33.3 Å². The van der Waals surface area contributed by atoms with E-state index in [1.54, 1.807) is 0 Å². The van der Waals surface area contributed by atoms with Crippen LogP contribution in [0.15, 0.2) is 134 Å². The first-order chi connectivity index (χ1) is 23.6. The first-order valence-electron chi connectivity index (χ1n) is 16.0. The Morgan fingerprint density at radius 2 is 1.23 bits per heavy atom. The number of pyridine rings is 1. The number of hydrogen-bond acceptors (Lipinski definition) is 6. The molecule has 5 heterocycles. The normalized spacial score (nSPS) is 13.9. The third kappa shape index (κ3) is 3.53. The van der Waals surface area contributed by atoms with Crippen LogP contribution in [0.2, 0.25) is 0 Å². The van der Waals surface area contributed by atoms with E-state index in [2.05, 4.69) is 147 Å². The lowest BCUT2D eigenvalue weighted by molar-refractivity contribution is 0.434. The summed E-state index contributed by atoms with van der Waals surface area (Å²) in [6.45, 7) is 4.35. The molecule has 0 atom stereocenters. The van der Waals surface area contributed by atoms with Crippen LogP contribution < -0.4 is 9.64 Å². The summed E-state index contributed by atoms with van der Waals surface area (Å²) in [5, 5.41) is 1.02. The van der Waals surface area contributed by atoms with Gasteiger partial charge in [-0.05, 0) is 79.6 Å². The van der Waals surface area contributed by atoms with E-state index in [-0.39, 0.29) is 0 Å². The van der Waals surface area contributed by atoms with Crippen molar-refractivity contribution in [3.8, 4) is 17.4 Å². The smallest absolute Gasteiger partial charge is 0.237 e. The minimum Gasteiger partial charge on any atom is -0.457 e. The molecule has 1 spiro atoms. The fraction of sp³-hybridized carbons (Fsp3) is 0.0732. The topological polar surface area (TPSA) is 69.0 Å². The van der Waals surface area contributed by atoms with Crippen molar-refractivity contribution in [2.24, 2.45) is 0 Å². The highest BCUT2D eigenvalue weighted by Crippen LogP contribution is 2.63. The van der Waals surface area contributed by atoms with Crippen LogP contribution in [-0.4, -0.2) is 24.5 Å². The summed E-state index contributed by atoms with van der Waals surface area (Å²) < 4.78 is 8.65. The zero-order valence-corrected chi connectivity index (χ0v) is 26.3. The standard InChI is InChI=1S/C41H28N6O/c1-25-13-16-34-31(20-25)41(29-8-3-5-11-37(29)48-38-12-6-4-9-30(38)41)32-21-26(2)14-17-35(32)46(34)27-15-18-33-28(22-27)39-36(10-7-19-43-39)47(33)40-44-23-42-24-45-40/h3-24H,1-2H3. The highest BCUT2D eigenvalue weighted by Gasteiger charge is 2.51. The lowest BCUT2D eigenvalue weighted by atomic mass is 9.61. The maximum absolute atomic E-state index is 6.60. The number of nitrogens with zero attached hydrogens (tertiary/aromatic N) is 6. The van der Waals surface area contributed by atoms with Gasteiger partial charge in [-0.3, -0.25) is 9.55 Å². The fourth-order valence-electron chi connectivity index (χ4n) is 7.94. The van der Waals surface area contributed by atoms with Crippen molar-refractivity contribution < 1.29 is 4.74 Å². The summed E-state index contributed by atoms with van der Waals surface area (Å²) in [4.78, 5) is 20.3. The molecule has 2 aliphatic rings. The summed E-state index contributed by atoms with van der Waals surface area (Å²) in [5.41, 5.74) is 12.6. The number of hydrogen-bond donors (Lipinski definition) is 0. The predicted octanol–water partition coefficient (Wildman–Crippen LogP) is 9.25. The minimum absolute atomic E-state index is 0.559. The van der Waals surface area contributed by atoms with Gasteiger partial charge in [0.15, 0.2) is 0 Å². The van der Waals surface area contributed by atoms with Crippen LogP contribution in [0.3, 0.4) is 0 Å². The van der Waals surface area contributed by atoms with Crippen LogP contribution >= 0.6 is 0 Å². The summed E-state index contributed by atoms with van der Waals surface area (Å²) >= 11 is 0. The van der Waals surface area contributed by atoms with E-state index in [0.29, 0.717) is 5.95 Å². The Labute approximate surface area is 276 Å². The van der Waals surface area contributed by atoms with Crippen molar-refractivity contribution in [1.29, 1.82) is 0 Å². The Kier molecular flexibility index (Phi) is 5.50. The van der Waals surface area contributed by atoms with Crippen LogP contribution in [0.1, 0.15) is 33.4 Å². The highest BCUT2D eigenvalue weighted by atomic mass is 16.5. The van der Waals surface area contributed by atoms with Crippen molar-refractivity contribution in [2.75, 3.05) is 4.90 Å². The molecule has 0 aliphatic carbocycles. The second kappa shape index (κ2) is 9.83. The average molecular weight is 621 g/mol. The third-order valence-corrected chi connectivity index (χ3v) is 9.84. The molecule has 2 aliphatic heterocycles. The van der Waals surface area contributed by atoms with E-state index in [9.17, 15) is 0 Å². The van der Waals surface area contributed by atoms with Crippen LogP contribution in [0, 0.1) is 13.8 Å². The summed E-state index contributed by atoms with van der Waals surface area (Å²) in [7, 11) is 0. The number of fused-ring (bicyclic) bond motifs is 11. The molecule has 7 heteroatoms. The van der Waals surface area contributed by atoms with Gasteiger partial charge in [-0.1, -0.05) is 71.8 Å². The first-order valence-corrected chi connectivity index (χ1v) is 16.0. The largest absolute Gasteiger partial charge is 0.457 e. The minimum atomic E-state index is -0.592. The molecule has 3 aromatic heterocycles. The number of para-hydroxylation sites is 2. The number of rotatable bonds is 2. The Bertz CT molecular complexity index is 2490. The van der Waals surface area contributed by atoms with Gasteiger partial charge >= 0.3 is 0 Å². The Balaban J connectivity index is 1.30. The summed E-state index contributed by atoms with van der Waals surface area (Å²) in [5.74, 6) is 2.32. The molecule has 0 bridgehead atoms. The molecular formula is C41H28N6O. The second-order valence-electron chi connectivity index (χ2n) is 12.6. The lowest BCUT2D eigenvalue weighted by Crippen LogP contribution is -2.39. The average Bonchev–Trinajstić information content (AvgIpc) is 3.46. The summed E-state index contributed by atoms with van der Waals surface area (Å²) in [6.07, 6.45) is 4.89. The lowest BCUT2D eigenvalue weighted by Gasteiger charge is -2.48. The first kappa shape index (κ1) is 26.8. The van der Waals surface area contributed by atoms with Gasteiger partial charge in [-0.25, -0.2) is 15.0 Å². The molecular weight excluding hydrogens is 592 g/mol. The molecule has 7 nitrogen and oxygen atoms in total. The molecule has 0 fully saturated rings. The van der Waals surface area contributed by atoms with Crippen LogP contribution in [0.25, 0.3) is 27.9 Å². The molecule has 228 valence electrons. The molecule has 0 amide bonds. The van der Waals surface area contributed by atoms with E-state index in [0.717, 1.165) is 61.6 Å². The van der Waals surface area contributed by atoms with Crippen molar-refractivity contribution in [3.05, 3.63) is 167 Å². The maximum atomic E-state index is 6.60. The Morgan fingerprint density at radius 1 is 0.583 bits per heavy atom. The zero-order valence-electron chi connectivity index (χ0n) is 26.3. The molecule has 8 aromatic rings. The highest BCUT2D eigenvalue weighted by molar-refractivity contribution is 6.08. The SMILES string of the molecule is Cc1ccc2c(c1)C1(c3ccccc3Oc3ccccc31)c1cc(C)ccc1N2c1ccc2c(c1)c1ncccc1n2-c1ncncn1. The molecule has 5 aromatic carbocycles. The number of anilines is 3. The molecule has 0 radical (unpaired) electrons. The van der Waals surface area contributed by atoms with Crippen LogP contribution in [0.4, 0.5) is 17.1 Å². The van der Waals surface area contributed by atoms with Gasteiger partial charge < -0.3 is 9.64 Å². The van der Waals surface area contributed by atoms with Crippen molar-refractivity contribution >= 4 is 39.0 Å². The monoisotopic (exact) mass is 620 g/mol. The molecule has 0 N–H and O–H groups in total. The molecule has 48 heavy (non-hydrogen) atoms. The molecule has 0 unspecified atom stereocenters. The Hall–Kier alpha value is -6.34. The fourth-order valence-corrected chi connectivity index (χ4v) is 7.94. The van der Waals surface area contributed by atoms with Gasteiger partial charge in [-0.15, -0.1) is 0 Å². The quantitative estimate of drug-likeness (QED) is 0.192. The Morgan fingerprint density at radius 3 is 1.90 bits per heavy atom. The zero-order chi connectivity index (χ0) is 32.0.